The second-order valence-corrected chi connectivity index (χ2v) is 11.2. The number of aliphatic imine (C=N–C) groups is 1. The molecule has 0 aliphatic carbocycles. The molecule has 1 fully saturated rings. The zero-order valence-electron chi connectivity index (χ0n) is 17.9. The lowest BCUT2D eigenvalue weighted by molar-refractivity contribution is 0.535. The predicted octanol–water partition coefficient (Wildman–Crippen LogP) is 4.06. The number of amidine groups is 1. The number of aromatic nitrogens is 1. The van der Waals surface area contributed by atoms with Gasteiger partial charge in [0.25, 0.3) is 0 Å². The zero-order chi connectivity index (χ0) is 21.5. The van der Waals surface area contributed by atoms with Crippen molar-refractivity contribution in [3.8, 4) is 0 Å². The number of thioether (sulfide) groups is 1. The lowest BCUT2D eigenvalue weighted by Gasteiger charge is -2.18. The van der Waals surface area contributed by atoms with Gasteiger partial charge < -0.3 is 4.57 Å². The van der Waals surface area contributed by atoms with Gasteiger partial charge in [0.15, 0.2) is 15.0 Å². The Kier molecular flexibility index (Phi) is 5.81. The summed E-state index contributed by atoms with van der Waals surface area (Å²) in [7, 11) is -2.92. The van der Waals surface area contributed by atoms with E-state index in [1.807, 2.05) is 6.92 Å². The van der Waals surface area contributed by atoms with Gasteiger partial charge in [-0.2, -0.15) is 5.10 Å². The number of para-hydroxylation sites is 1. The maximum Gasteiger partial charge on any atom is 0.182 e. The summed E-state index contributed by atoms with van der Waals surface area (Å²) in [6.45, 7) is 8.33. The Morgan fingerprint density at radius 1 is 1.30 bits per heavy atom. The van der Waals surface area contributed by atoms with Crippen LogP contribution in [0.25, 0.3) is 0 Å². The average molecular weight is 445 g/mol. The quantitative estimate of drug-likeness (QED) is 0.771. The third-order valence-corrected chi connectivity index (χ3v) is 8.54. The van der Waals surface area contributed by atoms with Gasteiger partial charge in [-0.05, 0) is 50.8 Å². The van der Waals surface area contributed by atoms with E-state index >= 15 is 0 Å². The maximum atomic E-state index is 11.9. The summed E-state index contributed by atoms with van der Waals surface area (Å²) in [5, 5.41) is 5.42. The molecule has 0 saturated carbocycles. The van der Waals surface area contributed by atoms with Crippen molar-refractivity contribution in [3.63, 3.8) is 0 Å². The van der Waals surface area contributed by atoms with E-state index in [4.69, 9.17) is 4.99 Å². The summed E-state index contributed by atoms with van der Waals surface area (Å²) in [6, 6.07) is 8.42. The molecule has 1 N–H and O–H groups in total. The molecule has 0 bridgehead atoms. The van der Waals surface area contributed by atoms with Crippen LogP contribution in [0.2, 0.25) is 0 Å². The maximum absolute atomic E-state index is 11.9. The molecule has 1 saturated heterocycles. The average Bonchev–Trinajstić information content (AvgIpc) is 3.21. The molecule has 30 heavy (non-hydrogen) atoms. The normalized spacial score (nSPS) is 22.2. The minimum atomic E-state index is -2.92. The molecule has 160 valence electrons. The van der Waals surface area contributed by atoms with E-state index in [2.05, 4.69) is 60.1 Å². The van der Waals surface area contributed by atoms with E-state index in [0.717, 1.165) is 51.3 Å². The fourth-order valence-electron chi connectivity index (χ4n) is 4.39. The van der Waals surface area contributed by atoms with Crippen molar-refractivity contribution < 1.29 is 8.42 Å². The summed E-state index contributed by atoms with van der Waals surface area (Å²) in [5.74, 6) is 1.24. The standard InChI is InChI=1S/C22H28N4O2S2/c1-5-17-8-6-7-14(2)21(17)23-22-25-24-20(12-29-22)19-11-15(3)26(16(19)4)18-9-10-30(27,28)13-18/h6-8,11,18H,5,9-10,12-13H2,1-4H3,(H,23,25). The van der Waals surface area contributed by atoms with Crippen molar-refractivity contribution >= 4 is 38.2 Å². The van der Waals surface area contributed by atoms with E-state index in [1.54, 1.807) is 11.8 Å². The van der Waals surface area contributed by atoms with Crippen LogP contribution in [0.5, 0.6) is 0 Å². The van der Waals surface area contributed by atoms with E-state index in [9.17, 15) is 8.42 Å². The van der Waals surface area contributed by atoms with Crippen LogP contribution < -0.4 is 5.43 Å². The molecule has 1 atom stereocenters. The van der Waals surface area contributed by atoms with Gasteiger partial charge in [-0.3, -0.25) is 5.43 Å². The fourth-order valence-corrected chi connectivity index (χ4v) is 6.85. The van der Waals surface area contributed by atoms with Crippen LogP contribution in [0.1, 0.15) is 47.5 Å². The number of hydrogen-bond acceptors (Lipinski definition) is 5. The molecule has 1 unspecified atom stereocenters. The number of hydrazone groups is 1. The second kappa shape index (κ2) is 8.23. The Labute approximate surface area is 182 Å². The zero-order valence-corrected chi connectivity index (χ0v) is 19.5. The van der Waals surface area contributed by atoms with Gasteiger partial charge in [-0.1, -0.05) is 36.9 Å². The van der Waals surface area contributed by atoms with Gasteiger partial charge in [0.05, 0.1) is 22.9 Å². The summed E-state index contributed by atoms with van der Waals surface area (Å²) in [4.78, 5) is 4.83. The number of sulfone groups is 1. The monoisotopic (exact) mass is 444 g/mol. The highest BCUT2D eigenvalue weighted by atomic mass is 32.2. The second-order valence-electron chi connectivity index (χ2n) is 8.02. The summed E-state index contributed by atoms with van der Waals surface area (Å²) in [6.07, 6.45) is 1.63. The molecule has 6 nitrogen and oxygen atoms in total. The first-order valence-electron chi connectivity index (χ1n) is 10.3. The van der Waals surface area contributed by atoms with Crippen molar-refractivity contribution in [2.45, 2.75) is 46.6 Å². The first kappa shape index (κ1) is 21.2. The summed E-state index contributed by atoms with van der Waals surface area (Å²) in [5.41, 5.74) is 10.8. The number of aryl methyl sites for hydroxylation is 3. The third kappa shape index (κ3) is 4.07. The Balaban J connectivity index is 1.58. The predicted molar refractivity (Wildman–Crippen MR) is 126 cm³/mol. The lowest BCUT2D eigenvalue weighted by atomic mass is 10.1. The van der Waals surface area contributed by atoms with E-state index in [1.165, 1.54) is 5.56 Å². The van der Waals surface area contributed by atoms with Crippen LogP contribution in [-0.2, 0) is 16.3 Å². The van der Waals surface area contributed by atoms with Crippen molar-refractivity contribution in [1.82, 2.24) is 9.99 Å². The minimum absolute atomic E-state index is 0.0270. The molecule has 2 aliphatic rings. The molecule has 0 amide bonds. The summed E-state index contributed by atoms with van der Waals surface area (Å²) >= 11 is 1.65. The molecule has 0 radical (unpaired) electrons. The lowest BCUT2D eigenvalue weighted by Crippen LogP contribution is -2.25. The Morgan fingerprint density at radius 3 is 2.73 bits per heavy atom. The molecular weight excluding hydrogens is 416 g/mol. The molecule has 8 heteroatoms. The van der Waals surface area contributed by atoms with Gasteiger partial charge >= 0.3 is 0 Å². The highest BCUT2D eigenvalue weighted by molar-refractivity contribution is 8.14. The number of hydrogen-bond donors (Lipinski definition) is 1. The molecule has 1 aromatic heterocycles. The molecule has 2 aliphatic heterocycles. The van der Waals surface area contributed by atoms with Gasteiger partial charge in [0.2, 0.25) is 0 Å². The van der Waals surface area contributed by atoms with Crippen molar-refractivity contribution in [2.24, 2.45) is 10.1 Å². The van der Waals surface area contributed by atoms with E-state index < -0.39 is 9.84 Å². The largest absolute Gasteiger partial charge is 0.344 e. The number of benzene rings is 1. The van der Waals surface area contributed by atoms with Gasteiger partial charge in [0.1, 0.15) is 0 Å². The van der Waals surface area contributed by atoms with Crippen molar-refractivity contribution in [2.75, 3.05) is 17.3 Å². The van der Waals surface area contributed by atoms with Crippen LogP contribution in [0, 0.1) is 20.8 Å². The van der Waals surface area contributed by atoms with Gasteiger partial charge in [-0.25, -0.2) is 13.4 Å². The molecule has 4 rings (SSSR count). The topological polar surface area (TPSA) is 75.8 Å². The number of nitrogens with zero attached hydrogens (tertiary/aromatic N) is 3. The van der Waals surface area contributed by atoms with Gasteiger partial charge in [0, 0.05) is 28.7 Å². The van der Waals surface area contributed by atoms with Crippen LogP contribution in [-0.4, -0.2) is 41.1 Å². The molecule has 1 aromatic carbocycles. The molecule has 3 heterocycles. The van der Waals surface area contributed by atoms with Crippen LogP contribution >= 0.6 is 11.8 Å². The van der Waals surface area contributed by atoms with Crippen LogP contribution in [0.4, 0.5) is 5.69 Å². The first-order valence-corrected chi connectivity index (χ1v) is 13.1. The van der Waals surface area contributed by atoms with E-state index in [-0.39, 0.29) is 17.5 Å². The van der Waals surface area contributed by atoms with E-state index in [0.29, 0.717) is 6.42 Å². The Bertz CT molecular complexity index is 1150. The molecule has 2 aromatic rings. The SMILES string of the molecule is CCc1cccc(C)c1N=C1NN=C(c2cc(C)n(C3CCS(=O)(=O)C3)c2C)CS1. The number of nitrogens with one attached hydrogen (secondary N) is 1. The van der Waals surface area contributed by atoms with Gasteiger partial charge in [-0.15, -0.1) is 0 Å². The van der Waals surface area contributed by atoms with Crippen molar-refractivity contribution in [3.05, 3.63) is 52.3 Å². The minimum Gasteiger partial charge on any atom is -0.344 e. The number of rotatable bonds is 4. The Hall–Kier alpha value is -2.06. The first-order chi connectivity index (χ1) is 14.3. The van der Waals surface area contributed by atoms with Crippen molar-refractivity contribution in [1.29, 1.82) is 0 Å². The third-order valence-electron chi connectivity index (χ3n) is 5.92. The molecular formula is C22H28N4O2S2. The van der Waals surface area contributed by atoms with Crippen LogP contribution in [0.3, 0.4) is 0 Å². The summed E-state index contributed by atoms with van der Waals surface area (Å²) < 4.78 is 26.1. The van der Waals surface area contributed by atoms with Crippen LogP contribution in [0.15, 0.2) is 34.4 Å². The smallest absolute Gasteiger partial charge is 0.182 e. The Morgan fingerprint density at radius 2 is 2.10 bits per heavy atom. The highest BCUT2D eigenvalue weighted by Gasteiger charge is 2.31. The fraction of sp³-hybridized carbons (Fsp3) is 0.455. The molecule has 0 spiro atoms. The highest BCUT2D eigenvalue weighted by Crippen LogP contribution is 2.31.